The van der Waals surface area contributed by atoms with Crippen LogP contribution in [0.1, 0.15) is 33.6 Å². The second-order valence-corrected chi connectivity index (χ2v) is 4.63. The molecular formula is C12H14N2. The Balaban J connectivity index is 3.17. The van der Waals surface area contributed by atoms with Crippen LogP contribution in [0.3, 0.4) is 0 Å². The normalized spacial score (nSPS) is 19.2. The first kappa shape index (κ1) is 10.5. The Morgan fingerprint density at radius 3 is 2.29 bits per heavy atom. The Bertz CT molecular complexity index is 368. The van der Waals surface area contributed by atoms with Crippen LogP contribution >= 0.6 is 0 Å². The Morgan fingerprint density at radius 1 is 1.29 bits per heavy atom. The first-order chi connectivity index (χ1) is 6.48. The van der Waals surface area contributed by atoms with Crippen molar-refractivity contribution in [1.29, 1.82) is 10.5 Å². The summed E-state index contributed by atoms with van der Waals surface area (Å²) in [6.07, 6.45) is 3.84. The molecule has 0 radical (unpaired) electrons. The first-order valence-electron chi connectivity index (χ1n) is 4.69. The molecule has 0 aromatic heterocycles. The summed E-state index contributed by atoms with van der Waals surface area (Å²) in [5.41, 5.74) is 2.58. The van der Waals surface area contributed by atoms with E-state index in [9.17, 15) is 0 Å². The maximum absolute atomic E-state index is 8.78. The maximum Gasteiger partial charge on any atom is 0.132 e. The van der Waals surface area contributed by atoms with E-state index in [4.69, 9.17) is 10.5 Å². The van der Waals surface area contributed by atoms with E-state index in [1.165, 1.54) is 5.57 Å². The predicted molar refractivity (Wildman–Crippen MR) is 55.0 cm³/mol. The van der Waals surface area contributed by atoms with Gasteiger partial charge in [0.1, 0.15) is 17.7 Å². The van der Waals surface area contributed by atoms with Crippen molar-refractivity contribution in [1.82, 2.24) is 0 Å². The number of rotatable bonds is 0. The standard InChI is InChI=1S/C12H14N2/c1-9-4-10(11(7-13)8-14)6-12(2,3)5-9/h4H,5-6H2,1-3H3. The van der Waals surface area contributed by atoms with Crippen molar-refractivity contribution in [3.8, 4) is 12.1 Å². The van der Waals surface area contributed by atoms with Crippen LogP contribution in [0, 0.1) is 28.1 Å². The van der Waals surface area contributed by atoms with Gasteiger partial charge in [0.2, 0.25) is 0 Å². The lowest BCUT2D eigenvalue weighted by atomic mass is 9.75. The summed E-state index contributed by atoms with van der Waals surface area (Å²) in [7, 11) is 0. The molecule has 0 aromatic rings. The van der Waals surface area contributed by atoms with Gasteiger partial charge in [-0.15, -0.1) is 0 Å². The number of nitrogens with zero attached hydrogens (tertiary/aromatic N) is 2. The number of hydrogen-bond donors (Lipinski definition) is 0. The zero-order valence-corrected chi connectivity index (χ0v) is 8.89. The van der Waals surface area contributed by atoms with E-state index in [1.807, 2.05) is 25.1 Å². The number of nitriles is 2. The SMILES string of the molecule is CC1=CC(=C(C#N)C#N)CC(C)(C)C1. The first-order valence-corrected chi connectivity index (χ1v) is 4.69. The van der Waals surface area contributed by atoms with E-state index in [0.29, 0.717) is 0 Å². The molecule has 0 amide bonds. The largest absolute Gasteiger partial charge is 0.192 e. The van der Waals surface area contributed by atoms with Gasteiger partial charge in [0.05, 0.1) is 0 Å². The van der Waals surface area contributed by atoms with Gasteiger partial charge in [0.15, 0.2) is 0 Å². The van der Waals surface area contributed by atoms with Crippen molar-refractivity contribution in [2.75, 3.05) is 0 Å². The number of allylic oxidation sites excluding steroid dienone is 4. The van der Waals surface area contributed by atoms with Crippen molar-refractivity contribution in [3.63, 3.8) is 0 Å². The fourth-order valence-corrected chi connectivity index (χ4v) is 2.06. The lowest BCUT2D eigenvalue weighted by Crippen LogP contribution is -2.17. The topological polar surface area (TPSA) is 47.6 Å². The summed E-state index contributed by atoms with van der Waals surface area (Å²) in [5, 5.41) is 17.6. The molecule has 0 bridgehead atoms. The van der Waals surface area contributed by atoms with Gasteiger partial charge in [-0.2, -0.15) is 10.5 Å². The summed E-state index contributed by atoms with van der Waals surface area (Å²) in [5.74, 6) is 0. The third-order valence-corrected chi connectivity index (χ3v) is 2.39. The summed E-state index contributed by atoms with van der Waals surface area (Å²) < 4.78 is 0. The summed E-state index contributed by atoms with van der Waals surface area (Å²) in [6.45, 7) is 6.37. The molecule has 1 aliphatic carbocycles. The molecular weight excluding hydrogens is 172 g/mol. The van der Waals surface area contributed by atoms with Crippen molar-refractivity contribution in [2.24, 2.45) is 5.41 Å². The quantitative estimate of drug-likeness (QED) is 0.546. The molecule has 0 saturated carbocycles. The fraction of sp³-hybridized carbons (Fsp3) is 0.500. The lowest BCUT2D eigenvalue weighted by Gasteiger charge is -2.30. The van der Waals surface area contributed by atoms with Gasteiger partial charge in [0.25, 0.3) is 0 Å². The van der Waals surface area contributed by atoms with Crippen LogP contribution in [0.5, 0.6) is 0 Å². The van der Waals surface area contributed by atoms with Crippen molar-refractivity contribution < 1.29 is 0 Å². The molecule has 0 unspecified atom stereocenters. The molecule has 0 fully saturated rings. The average Bonchev–Trinajstić information content (AvgIpc) is 2.02. The molecule has 0 spiro atoms. The molecule has 1 aliphatic rings. The third kappa shape index (κ3) is 2.24. The fourth-order valence-electron chi connectivity index (χ4n) is 2.06. The minimum absolute atomic E-state index is 0.174. The monoisotopic (exact) mass is 186 g/mol. The molecule has 0 aliphatic heterocycles. The van der Waals surface area contributed by atoms with Crippen molar-refractivity contribution in [2.45, 2.75) is 33.6 Å². The Hall–Kier alpha value is -1.54. The van der Waals surface area contributed by atoms with Crippen LogP contribution < -0.4 is 0 Å². The molecule has 0 N–H and O–H groups in total. The van der Waals surface area contributed by atoms with Gasteiger partial charge in [-0.25, -0.2) is 0 Å². The highest BCUT2D eigenvalue weighted by Crippen LogP contribution is 2.38. The Labute approximate surface area is 85.2 Å². The van der Waals surface area contributed by atoms with Gasteiger partial charge in [-0.05, 0) is 30.8 Å². The smallest absolute Gasteiger partial charge is 0.132 e. The van der Waals surface area contributed by atoms with Crippen LogP contribution in [0.2, 0.25) is 0 Å². The van der Waals surface area contributed by atoms with Crippen LogP contribution in [0.4, 0.5) is 0 Å². The van der Waals surface area contributed by atoms with Crippen LogP contribution in [0.15, 0.2) is 22.8 Å². The zero-order valence-electron chi connectivity index (χ0n) is 8.89. The third-order valence-electron chi connectivity index (χ3n) is 2.39. The highest BCUT2D eigenvalue weighted by atomic mass is 14.3. The summed E-state index contributed by atoms with van der Waals surface area (Å²) in [4.78, 5) is 0. The zero-order chi connectivity index (χ0) is 10.8. The molecule has 2 nitrogen and oxygen atoms in total. The molecule has 0 saturated heterocycles. The van der Waals surface area contributed by atoms with Crippen LogP contribution in [-0.4, -0.2) is 0 Å². The van der Waals surface area contributed by atoms with Gasteiger partial charge in [-0.1, -0.05) is 25.5 Å². The highest BCUT2D eigenvalue weighted by Gasteiger charge is 2.25. The van der Waals surface area contributed by atoms with Crippen LogP contribution in [-0.2, 0) is 0 Å². The minimum atomic E-state index is 0.174. The Morgan fingerprint density at radius 2 is 1.86 bits per heavy atom. The van der Waals surface area contributed by atoms with E-state index in [0.717, 1.165) is 18.4 Å². The van der Waals surface area contributed by atoms with Gasteiger partial charge < -0.3 is 0 Å². The van der Waals surface area contributed by atoms with E-state index in [1.54, 1.807) is 0 Å². The molecule has 72 valence electrons. The maximum atomic E-state index is 8.78. The minimum Gasteiger partial charge on any atom is -0.192 e. The second-order valence-electron chi connectivity index (χ2n) is 4.63. The van der Waals surface area contributed by atoms with E-state index in [-0.39, 0.29) is 11.0 Å². The molecule has 0 aromatic carbocycles. The second kappa shape index (κ2) is 3.68. The molecule has 0 atom stereocenters. The molecule has 1 rings (SSSR count). The summed E-state index contributed by atoms with van der Waals surface area (Å²) >= 11 is 0. The lowest BCUT2D eigenvalue weighted by molar-refractivity contribution is 0.351. The van der Waals surface area contributed by atoms with E-state index < -0.39 is 0 Å². The van der Waals surface area contributed by atoms with Gasteiger partial charge in [0, 0.05) is 0 Å². The Kier molecular flexibility index (Phi) is 2.77. The molecule has 2 heteroatoms. The molecule has 14 heavy (non-hydrogen) atoms. The summed E-state index contributed by atoms with van der Waals surface area (Å²) in [6, 6.07) is 3.91. The average molecular weight is 186 g/mol. The van der Waals surface area contributed by atoms with Gasteiger partial charge >= 0.3 is 0 Å². The van der Waals surface area contributed by atoms with Crippen molar-refractivity contribution >= 4 is 0 Å². The van der Waals surface area contributed by atoms with Gasteiger partial charge in [-0.3, -0.25) is 0 Å². The highest BCUT2D eigenvalue weighted by molar-refractivity contribution is 5.47. The molecule has 0 heterocycles. The van der Waals surface area contributed by atoms with Crippen LogP contribution in [0.25, 0.3) is 0 Å². The predicted octanol–water partition coefficient (Wildman–Crippen LogP) is 3.10. The number of hydrogen-bond acceptors (Lipinski definition) is 2. The van der Waals surface area contributed by atoms with E-state index >= 15 is 0 Å². The van der Waals surface area contributed by atoms with E-state index in [2.05, 4.69) is 13.8 Å². The van der Waals surface area contributed by atoms with Crippen molar-refractivity contribution in [3.05, 3.63) is 22.8 Å².